The minimum atomic E-state index is -4.68. The van der Waals surface area contributed by atoms with Crippen LogP contribution in [-0.4, -0.2) is 52.4 Å². The van der Waals surface area contributed by atoms with Gasteiger partial charge in [-0.25, -0.2) is 4.98 Å². The highest BCUT2D eigenvalue weighted by Crippen LogP contribution is 2.43. The Morgan fingerprint density at radius 3 is 2.66 bits per heavy atom. The third-order valence-electron chi connectivity index (χ3n) is 6.03. The smallest absolute Gasteiger partial charge is 0.398 e. The standard InChI is InChI=1S/C22H24BrF3N6O2S/c23-11-1-2-15(30-8-11)16(33)9-29-12-3-5-32(6-4-12)17-7-14(22(24,25)26)18-19(27)13(20(28)34)10-35-21(18)31-17/h1-2,7-8,12,16,29,33H,3-6,9-10,27H2,(H2,28,34). The number of rotatable bonds is 6. The number of nitrogens with two attached hydrogens (primary N) is 2. The Bertz CT molecular complexity index is 1140. The average molecular weight is 573 g/mol. The molecule has 0 radical (unpaired) electrons. The zero-order chi connectivity index (χ0) is 25.3. The molecule has 6 N–H and O–H groups in total. The van der Waals surface area contributed by atoms with Crippen LogP contribution in [0.3, 0.4) is 0 Å². The molecule has 13 heteroatoms. The number of aliphatic hydroxyl groups excluding tert-OH is 1. The summed E-state index contributed by atoms with van der Waals surface area (Å²) in [5.74, 6) is -0.548. The number of carbonyl (C=O) groups is 1. The second-order valence-corrected chi connectivity index (χ2v) is 10.2. The summed E-state index contributed by atoms with van der Waals surface area (Å²) in [6.45, 7) is 1.31. The number of pyridine rings is 2. The molecule has 0 bridgehead atoms. The van der Waals surface area contributed by atoms with Gasteiger partial charge in [0, 0.05) is 47.7 Å². The molecule has 2 aliphatic rings. The number of halogens is 4. The number of nitrogens with zero attached hydrogens (tertiary/aromatic N) is 3. The fourth-order valence-electron chi connectivity index (χ4n) is 4.11. The van der Waals surface area contributed by atoms with Gasteiger partial charge in [-0.3, -0.25) is 9.78 Å². The Hall–Kier alpha value is -2.35. The van der Waals surface area contributed by atoms with Gasteiger partial charge >= 0.3 is 6.18 Å². The Balaban J connectivity index is 1.45. The van der Waals surface area contributed by atoms with Gasteiger partial charge in [0.15, 0.2) is 0 Å². The van der Waals surface area contributed by atoms with E-state index in [1.165, 1.54) is 0 Å². The van der Waals surface area contributed by atoms with E-state index in [0.717, 1.165) is 22.3 Å². The molecule has 1 fully saturated rings. The number of thioether (sulfide) groups is 1. The molecule has 4 heterocycles. The lowest BCUT2D eigenvalue weighted by atomic mass is 10.0. The van der Waals surface area contributed by atoms with E-state index in [-0.39, 0.29) is 39.5 Å². The third-order valence-corrected chi connectivity index (χ3v) is 7.50. The number of fused-ring (bicyclic) bond motifs is 1. The molecule has 0 spiro atoms. The van der Waals surface area contributed by atoms with Crippen LogP contribution in [0.25, 0.3) is 5.70 Å². The summed E-state index contributed by atoms with van der Waals surface area (Å²) < 4.78 is 42.6. The normalized spacial score (nSPS) is 17.9. The van der Waals surface area contributed by atoms with Gasteiger partial charge in [0.05, 0.1) is 22.5 Å². The van der Waals surface area contributed by atoms with Crippen molar-refractivity contribution >= 4 is 45.1 Å². The highest BCUT2D eigenvalue weighted by Gasteiger charge is 2.39. The van der Waals surface area contributed by atoms with Crippen molar-refractivity contribution in [3.63, 3.8) is 0 Å². The van der Waals surface area contributed by atoms with Crippen molar-refractivity contribution in [3.8, 4) is 0 Å². The second-order valence-electron chi connectivity index (χ2n) is 8.34. The number of aliphatic hydroxyl groups is 1. The van der Waals surface area contributed by atoms with Crippen molar-refractivity contribution in [1.82, 2.24) is 15.3 Å². The lowest BCUT2D eigenvalue weighted by Crippen LogP contribution is -2.44. The van der Waals surface area contributed by atoms with E-state index in [1.54, 1.807) is 18.3 Å². The van der Waals surface area contributed by atoms with E-state index in [9.17, 15) is 23.1 Å². The van der Waals surface area contributed by atoms with Gasteiger partial charge in [-0.15, -0.1) is 11.8 Å². The molecule has 2 aliphatic heterocycles. The van der Waals surface area contributed by atoms with Gasteiger partial charge in [-0.1, -0.05) is 0 Å². The summed E-state index contributed by atoms with van der Waals surface area (Å²) in [5, 5.41) is 13.8. The van der Waals surface area contributed by atoms with Crippen molar-refractivity contribution in [3.05, 3.63) is 51.3 Å². The molecule has 4 rings (SSSR count). The van der Waals surface area contributed by atoms with Crippen LogP contribution < -0.4 is 21.7 Å². The molecule has 2 aromatic heterocycles. The van der Waals surface area contributed by atoms with E-state index in [2.05, 4.69) is 31.2 Å². The molecule has 1 unspecified atom stereocenters. The number of hydrogen-bond acceptors (Lipinski definition) is 8. The van der Waals surface area contributed by atoms with Crippen molar-refractivity contribution < 1.29 is 23.1 Å². The molecule has 0 aromatic carbocycles. The minimum absolute atomic E-state index is 0.0324. The fourth-order valence-corrected chi connectivity index (χ4v) is 5.45. The van der Waals surface area contributed by atoms with Crippen molar-refractivity contribution in [1.29, 1.82) is 0 Å². The Kier molecular flexibility index (Phi) is 7.60. The SMILES string of the molecule is NC(=O)C1=C(N)c2c(C(F)(F)F)cc(N3CCC(NCC(O)c4ccc(Br)cn4)CC3)nc2SC1. The Labute approximate surface area is 212 Å². The molecule has 8 nitrogen and oxygen atoms in total. The zero-order valence-corrected chi connectivity index (χ0v) is 20.9. The van der Waals surface area contributed by atoms with E-state index in [4.69, 9.17) is 11.5 Å². The van der Waals surface area contributed by atoms with Crippen LogP contribution in [0.2, 0.25) is 0 Å². The summed E-state index contributed by atoms with van der Waals surface area (Å²) >= 11 is 4.33. The molecule has 35 heavy (non-hydrogen) atoms. The Morgan fingerprint density at radius 1 is 1.34 bits per heavy atom. The first-order valence-electron chi connectivity index (χ1n) is 10.9. The van der Waals surface area contributed by atoms with E-state index in [0.29, 0.717) is 38.2 Å². The molecule has 0 saturated carbocycles. The van der Waals surface area contributed by atoms with Gasteiger partial charge in [0.1, 0.15) is 16.9 Å². The van der Waals surface area contributed by atoms with E-state index in [1.807, 2.05) is 4.90 Å². The second kappa shape index (κ2) is 10.3. The van der Waals surface area contributed by atoms with E-state index < -0.39 is 23.8 Å². The molecule has 0 aliphatic carbocycles. The highest BCUT2D eigenvalue weighted by atomic mass is 79.9. The average Bonchev–Trinajstić information content (AvgIpc) is 2.82. The van der Waals surface area contributed by atoms with Gasteiger partial charge in [0.25, 0.3) is 0 Å². The molecular weight excluding hydrogens is 549 g/mol. The quantitative estimate of drug-likeness (QED) is 0.415. The summed E-state index contributed by atoms with van der Waals surface area (Å²) in [6, 6.07) is 4.64. The van der Waals surface area contributed by atoms with Gasteiger partial charge in [-0.2, -0.15) is 13.2 Å². The first kappa shape index (κ1) is 25.7. The van der Waals surface area contributed by atoms with Crippen molar-refractivity contribution in [2.24, 2.45) is 11.5 Å². The maximum atomic E-state index is 13.9. The number of alkyl halides is 3. The Morgan fingerprint density at radius 2 is 2.06 bits per heavy atom. The lowest BCUT2D eigenvalue weighted by molar-refractivity contribution is -0.138. The highest BCUT2D eigenvalue weighted by molar-refractivity contribution is 9.10. The summed E-state index contributed by atoms with van der Waals surface area (Å²) in [4.78, 5) is 22.1. The summed E-state index contributed by atoms with van der Waals surface area (Å²) in [7, 11) is 0. The van der Waals surface area contributed by atoms with E-state index >= 15 is 0 Å². The maximum absolute atomic E-state index is 13.9. The number of nitrogens with one attached hydrogen (secondary N) is 1. The maximum Gasteiger partial charge on any atom is 0.417 e. The lowest BCUT2D eigenvalue weighted by Gasteiger charge is -2.34. The number of anilines is 1. The predicted octanol–water partition coefficient (Wildman–Crippen LogP) is 2.81. The molecule has 188 valence electrons. The number of aromatic nitrogens is 2. The van der Waals surface area contributed by atoms with Crippen LogP contribution in [0.15, 0.2) is 39.5 Å². The van der Waals surface area contributed by atoms with Gasteiger partial charge in [0.2, 0.25) is 5.91 Å². The molecule has 1 atom stereocenters. The van der Waals surface area contributed by atoms with Crippen LogP contribution in [0, 0.1) is 0 Å². The monoisotopic (exact) mass is 572 g/mol. The predicted molar refractivity (Wildman–Crippen MR) is 130 cm³/mol. The number of carbonyl (C=O) groups excluding carboxylic acids is 1. The number of amides is 1. The zero-order valence-electron chi connectivity index (χ0n) is 18.5. The molecule has 1 amide bonds. The number of piperidine rings is 1. The van der Waals surface area contributed by atoms with Crippen LogP contribution in [-0.2, 0) is 11.0 Å². The largest absolute Gasteiger partial charge is 0.417 e. The van der Waals surface area contributed by atoms with Gasteiger partial charge in [-0.05, 0) is 47.0 Å². The number of hydrogen-bond donors (Lipinski definition) is 4. The van der Waals surface area contributed by atoms with Crippen LogP contribution in [0.4, 0.5) is 19.0 Å². The summed E-state index contributed by atoms with van der Waals surface area (Å²) in [5.41, 5.74) is 10.3. The number of primary amides is 1. The van der Waals surface area contributed by atoms with Crippen LogP contribution >= 0.6 is 27.7 Å². The van der Waals surface area contributed by atoms with Crippen LogP contribution in [0.5, 0.6) is 0 Å². The topological polar surface area (TPSA) is 130 Å². The van der Waals surface area contributed by atoms with Crippen molar-refractivity contribution in [2.45, 2.75) is 36.2 Å². The fraction of sp³-hybridized carbons (Fsp3) is 0.409. The first-order chi connectivity index (χ1) is 16.5. The third kappa shape index (κ3) is 5.74. The first-order valence-corrected chi connectivity index (χ1v) is 12.6. The summed E-state index contributed by atoms with van der Waals surface area (Å²) in [6.07, 6.45) is -2.49. The minimum Gasteiger partial charge on any atom is -0.398 e. The van der Waals surface area contributed by atoms with Crippen molar-refractivity contribution in [2.75, 3.05) is 30.3 Å². The molecule has 2 aromatic rings. The molecular formula is C22H24BrF3N6O2S. The van der Waals surface area contributed by atoms with Crippen LogP contribution in [0.1, 0.15) is 35.8 Å². The van der Waals surface area contributed by atoms with Gasteiger partial charge < -0.3 is 26.8 Å². The molecule has 1 saturated heterocycles.